The molecule has 0 fully saturated rings. The van der Waals surface area contributed by atoms with Gasteiger partial charge in [-0.2, -0.15) is 0 Å². The van der Waals surface area contributed by atoms with Gasteiger partial charge in [0.15, 0.2) is 5.76 Å². The van der Waals surface area contributed by atoms with Gasteiger partial charge in [-0.25, -0.2) is 0 Å². The average molecular weight is 227 g/mol. The summed E-state index contributed by atoms with van der Waals surface area (Å²) in [6.45, 7) is 2.67. The topological polar surface area (TPSA) is 71.7 Å². The number of aliphatic hydroxyl groups excluding tert-OH is 1. The van der Waals surface area contributed by atoms with E-state index in [4.69, 9.17) is 14.3 Å². The van der Waals surface area contributed by atoms with E-state index in [1.165, 1.54) is 0 Å². The number of furan rings is 1. The van der Waals surface area contributed by atoms with E-state index in [0.29, 0.717) is 18.9 Å². The van der Waals surface area contributed by atoms with Gasteiger partial charge in [-0.05, 0) is 18.1 Å². The fraction of sp³-hybridized carbons (Fsp3) is 0.545. The number of hydrogen-bond acceptors (Lipinski definition) is 4. The van der Waals surface area contributed by atoms with Gasteiger partial charge in [0, 0.05) is 20.3 Å². The summed E-state index contributed by atoms with van der Waals surface area (Å²) in [4.78, 5) is 11.6. The van der Waals surface area contributed by atoms with E-state index in [0.717, 1.165) is 0 Å². The molecule has 0 saturated carbocycles. The molecule has 5 heteroatoms. The van der Waals surface area contributed by atoms with Crippen molar-refractivity contribution in [3.05, 3.63) is 23.7 Å². The van der Waals surface area contributed by atoms with E-state index in [1.807, 2.05) is 6.92 Å². The van der Waals surface area contributed by atoms with Gasteiger partial charge in [0.2, 0.25) is 0 Å². The van der Waals surface area contributed by atoms with Crippen LogP contribution in [-0.4, -0.2) is 31.3 Å². The number of carbonyl (C=O) groups excluding carboxylic acids is 1. The van der Waals surface area contributed by atoms with Gasteiger partial charge >= 0.3 is 0 Å². The maximum absolute atomic E-state index is 11.6. The summed E-state index contributed by atoms with van der Waals surface area (Å²) in [7, 11) is 1.56. The van der Waals surface area contributed by atoms with E-state index in [2.05, 4.69) is 5.32 Å². The Hall–Kier alpha value is -1.33. The van der Waals surface area contributed by atoms with Crippen molar-refractivity contribution in [2.75, 3.05) is 20.3 Å². The summed E-state index contributed by atoms with van der Waals surface area (Å²) in [5.41, 5.74) is 0. The maximum Gasteiger partial charge on any atom is 0.287 e. The van der Waals surface area contributed by atoms with Crippen LogP contribution in [0.4, 0.5) is 0 Å². The summed E-state index contributed by atoms with van der Waals surface area (Å²) in [6.07, 6.45) is 0. The Labute approximate surface area is 94.4 Å². The molecule has 1 aromatic heterocycles. The van der Waals surface area contributed by atoms with Gasteiger partial charge in [0.1, 0.15) is 12.4 Å². The van der Waals surface area contributed by atoms with E-state index in [1.54, 1.807) is 19.2 Å². The molecule has 0 aliphatic carbocycles. The molecule has 0 spiro atoms. The van der Waals surface area contributed by atoms with Crippen LogP contribution in [0.3, 0.4) is 0 Å². The molecule has 2 N–H and O–H groups in total. The SMILES string of the molecule is COCc1ccc(C(=O)NCC(C)CO)o1. The number of nitrogens with one attached hydrogen (secondary N) is 1. The van der Waals surface area contributed by atoms with Crippen LogP contribution in [-0.2, 0) is 11.3 Å². The molecule has 0 aliphatic rings. The molecule has 1 amide bonds. The molecule has 0 radical (unpaired) electrons. The van der Waals surface area contributed by atoms with Gasteiger partial charge < -0.3 is 19.6 Å². The third kappa shape index (κ3) is 3.67. The van der Waals surface area contributed by atoms with Crippen molar-refractivity contribution < 1.29 is 19.1 Å². The minimum absolute atomic E-state index is 0.0392. The molecule has 1 heterocycles. The van der Waals surface area contributed by atoms with Crippen LogP contribution in [0, 0.1) is 5.92 Å². The van der Waals surface area contributed by atoms with Gasteiger partial charge in [-0.1, -0.05) is 6.92 Å². The van der Waals surface area contributed by atoms with Crippen molar-refractivity contribution in [3.8, 4) is 0 Å². The number of carbonyl (C=O) groups is 1. The Bertz CT molecular complexity index is 334. The zero-order valence-electron chi connectivity index (χ0n) is 9.53. The second-order valence-electron chi connectivity index (χ2n) is 3.70. The second kappa shape index (κ2) is 6.30. The fourth-order valence-electron chi connectivity index (χ4n) is 1.14. The van der Waals surface area contributed by atoms with Crippen molar-refractivity contribution in [3.63, 3.8) is 0 Å². The number of aliphatic hydroxyl groups is 1. The molecule has 90 valence electrons. The smallest absolute Gasteiger partial charge is 0.287 e. The van der Waals surface area contributed by atoms with Gasteiger partial charge in [0.25, 0.3) is 5.91 Å². The number of amides is 1. The molecule has 1 rings (SSSR count). The van der Waals surface area contributed by atoms with Crippen molar-refractivity contribution in [2.45, 2.75) is 13.5 Å². The normalized spacial score (nSPS) is 12.4. The third-order valence-corrected chi connectivity index (χ3v) is 2.09. The summed E-state index contributed by atoms with van der Waals surface area (Å²) in [5.74, 6) is 0.639. The monoisotopic (exact) mass is 227 g/mol. The van der Waals surface area contributed by atoms with Crippen LogP contribution in [0.25, 0.3) is 0 Å². The zero-order valence-corrected chi connectivity index (χ0v) is 9.53. The molecule has 0 saturated heterocycles. The summed E-state index contributed by atoms with van der Waals surface area (Å²) < 4.78 is 10.1. The predicted molar refractivity (Wildman–Crippen MR) is 58.0 cm³/mol. The lowest BCUT2D eigenvalue weighted by Crippen LogP contribution is -2.29. The third-order valence-electron chi connectivity index (χ3n) is 2.09. The maximum atomic E-state index is 11.6. The predicted octanol–water partition coefficient (Wildman–Crippen LogP) is 0.784. The number of hydrogen-bond donors (Lipinski definition) is 2. The number of ether oxygens (including phenoxy) is 1. The first-order valence-electron chi connectivity index (χ1n) is 5.14. The lowest BCUT2D eigenvalue weighted by molar-refractivity contribution is 0.0906. The summed E-state index contributed by atoms with van der Waals surface area (Å²) in [5, 5.41) is 11.5. The lowest BCUT2D eigenvalue weighted by atomic mass is 10.2. The fourth-order valence-corrected chi connectivity index (χ4v) is 1.14. The molecule has 1 aromatic rings. The Kier molecular flexibility index (Phi) is 5.01. The Morgan fingerprint density at radius 2 is 2.38 bits per heavy atom. The van der Waals surface area contributed by atoms with Crippen molar-refractivity contribution in [2.24, 2.45) is 5.92 Å². The molecule has 0 aromatic carbocycles. The van der Waals surface area contributed by atoms with Gasteiger partial charge in [-0.3, -0.25) is 4.79 Å². The summed E-state index contributed by atoms with van der Waals surface area (Å²) in [6, 6.07) is 3.31. The highest BCUT2D eigenvalue weighted by Gasteiger charge is 2.11. The standard InChI is InChI=1S/C11H17NO4/c1-8(6-13)5-12-11(14)10-4-3-9(16-10)7-15-2/h3-4,8,13H,5-7H2,1-2H3,(H,12,14). The average Bonchev–Trinajstić information content (AvgIpc) is 2.74. The van der Waals surface area contributed by atoms with Crippen LogP contribution in [0.5, 0.6) is 0 Å². The highest BCUT2D eigenvalue weighted by molar-refractivity contribution is 5.91. The molecular formula is C11H17NO4. The molecule has 0 aliphatic heterocycles. The van der Waals surface area contributed by atoms with Crippen molar-refractivity contribution in [1.82, 2.24) is 5.32 Å². The van der Waals surface area contributed by atoms with E-state index >= 15 is 0 Å². The number of methoxy groups -OCH3 is 1. The Balaban J connectivity index is 2.46. The van der Waals surface area contributed by atoms with Crippen molar-refractivity contribution >= 4 is 5.91 Å². The van der Waals surface area contributed by atoms with Crippen LogP contribution < -0.4 is 5.32 Å². The van der Waals surface area contributed by atoms with E-state index in [-0.39, 0.29) is 24.2 Å². The quantitative estimate of drug-likeness (QED) is 0.753. The highest BCUT2D eigenvalue weighted by Crippen LogP contribution is 2.08. The van der Waals surface area contributed by atoms with Gasteiger partial charge in [0.05, 0.1) is 0 Å². The van der Waals surface area contributed by atoms with Crippen LogP contribution >= 0.6 is 0 Å². The molecule has 0 bridgehead atoms. The first-order valence-corrected chi connectivity index (χ1v) is 5.14. The Morgan fingerprint density at radius 3 is 3.00 bits per heavy atom. The molecule has 1 unspecified atom stereocenters. The first kappa shape index (κ1) is 12.7. The molecular weight excluding hydrogens is 210 g/mol. The van der Waals surface area contributed by atoms with Crippen molar-refractivity contribution in [1.29, 1.82) is 0 Å². The Morgan fingerprint density at radius 1 is 1.62 bits per heavy atom. The highest BCUT2D eigenvalue weighted by atomic mass is 16.5. The minimum atomic E-state index is -0.275. The molecule has 5 nitrogen and oxygen atoms in total. The van der Waals surface area contributed by atoms with E-state index < -0.39 is 0 Å². The summed E-state index contributed by atoms with van der Waals surface area (Å²) >= 11 is 0. The molecule has 16 heavy (non-hydrogen) atoms. The zero-order chi connectivity index (χ0) is 12.0. The minimum Gasteiger partial charge on any atom is -0.453 e. The van der Waals surface area contributed by atoms with Crippen LogP contribution in [0.15, 0.2) is 16.5 Å². The second-order valence-corrected chi connectivity index (χ2v) is 3.70. The first-order chi connectivity index (χ1) is 7.67. The largest absolute Gasteiger partial charge is 0.453 e. The van der Waals surface area contributed by atoms with E-state index in [9.17, 15) is 4.79 Å². The van der Waals surface area contributed by atoms with Crippen LogP contribution in [0.2, 0.25) is 0 Å². The van der Waals surface area contributed by atoms with Gasteiger partial charge in [-0.15, -0.1) is 0 Å². The molecule has 1 atom stereocenters. The number of rotatable bonds is 6. The lowest BCUT2D eigenvalue weighted by Gasteiger charge is -2.07. The van der Waals surface area contributed by atoms with Crippen LogP contribution in [0.1, 0.15) is 23.2 Å².